The molecule has 3 heterocycles. The number of nitrogens with one attached hydrogen (secondary N) is 1. The van der Waals surface area contributed by atoms with Crippen LogP contribution in [-0.2, 0) is 24.3 Å². The van der Waals surface area contributed by atoms with Gasteiger partial charge < -0.3 is 4.90 Å². The molecule has 2 aromatic heterocycles. The predicted octanol–water partition coefficient (Wildman–Crippen LogP) is 2.43. The molecule has 0 bridgehead atoms. The van der Waals surface area contributed by atoms with E-state index in [-0.39, 0.29) is 5.91 Å². The number of hydrogen-bond acceptors (Lipinski definition) is 3. The van der Waals surface area contributed by atoms with Gasteiger partial charge in [0.1, 0.15) is 0 Å². The molecule has 0 atom stereocenters. The molecule has 0 unspecified atom stereocenters. The van der Waals surface area contributed by atoms with Crippen LogP contribution in [0, 0.1) is 0 Å². The van der Waals surface area contributed by atoms with Crippen molar-refractivity contribution in [3.05, 3.63) is 59.5 Å². The van der Waals surface area contributed by atoms with Crippen molar-refractivity contribution < 1.29 is 4.79 Å². The number of aryl methyl sites for hydroxylation is 1. The maximum atomic E-state index is 12.4. The molecule has 3 aromatic rings. The van der Waals surface area contributed by atoms with Gasteiger partial charge in [0.2, 0.25) is 5.91 Å². The van der Waals surface area contributed by atoms with Crippen molar-refractivity contribution in [1.82, 2.24) is 20.1 Å². The Hall–Kier alpha value is -2.69. The van der Waals surface area contributed by atoms with Gasteiger partial charge in [0.25, 0.3) is 0 Å². The minimum atomic E-state index is 0.199. The standard InChI is InChI=1S/C17H16N4O/c22-17-4-2-13-1-3-16-14(9-19-20-16)15(13)11-21(17)10-12-5-7-18-8-6-12/h1,3,5-9H,2,4,10-11H2,(H,19,20). The molecular formula is C17H16N4O. The first-order valence-corrected chi connectivity index (χ1v) is 7.42. The summed E-state index contributed by atoms with van der Waals surface area (Å²) in [5.74, 6) is 0.199. The zero-order chi connectivity index (χ0) is 14.9. The average molecular weight is 292 g/mol. The number of benzene rings is 1. The first kappa shape index (κ1) is 13.0. The molecule has 0 saturated heterocycles. The Morgan fingerprint density at radius 3 is 2.86 bits per heavy atom. The van der Waals surface area contributed by atoms with Crippen molar-refractivity contribution in [2.24, 2.45) is 0 Å². The second-order valence-corrected chi connectivity index (χ2v) is 5.64. The summed E-state index contributed by atoms with van der Waals surface area (Å²) in [6, 6.07) is 8.07. The largest absolute Gasteiger partial charge is 0.334 e. The quantitative estimate of drug-likeness (QED) is 0.789. The molecule has 1 aliphatic heterocycles. The van der Waals surface area contributed by atoms with Crippen LogP contribution < -0.4 is 0 Å². The van der Waals surface area contributed by atoms with Crippen LogP contribution in [0.3, 0.4) is 0 Å². The maximum absolute atomic E-state index is 12.4. The molecule has 0 radical (unpaired) electrons. The zero-order valence-corrected chi connectivity index (χ0v) is 12.1. The fourth-order valence-electron chi connectivity index (χ4n) is 3.07. The average Bonchev–Trinajstić information content (AvgIpc) is 2.97. The summed E-state index contributed by atoms with van der Waals surface area (Å²) < 4.78 is 0. The van der Waals surface area contributed by atoms with Gasteiger partial charge in [-0.25, -0.2) is 0 Å². The van der Waals surface area contributed by atoms with Gasteiger partial charge in [0, 0.05) is 37.3 Å². The Labute approximate surface area is 128 Å². The van der Waals surface area contributed by atoms with Crippen molar-refractivity contribution in [1.29, 1.82) is 0 Å². The van der Waals surface area contributed by atoms with E-state index in [1.54, 1.807) is 12.4 Å². The third kappa shape index (κ3) is 2.24. The molecule has 1 aliphatic rings. The lowest BCUT2D eigenvalue weighted by Gasteiger charge is -2.21. The van der Waals surface area contributed by atoms with Crippen LogP contribution in [0.5, 0.6) is 0 Å². The number of carbonyl (C=O) groups excluding carboxylic acids is 1. The number of hydrogen-bond donors (Lipinski definition) is 1. The van der Waals surface area contributed by atoms with Crippen molar-refractivity contribution in [3.63, 3.8) is 0 Å². The molecule has 0 saturated carbocycles. The van der Waals surface area contributed by atoms with E-state index < -0.39 is 0 Å². The van der Waals surface area contributed by atoms with Crippen molar-refractivity contribution in [2.75, 3.05) is 0 Å². The molecule has 0 spiro atoms. The molecular weight excluding hydrogens is 276 g/mol. The zero-order valence-electron chi connectivity index (χ0n) is 12.1. The van der Waals surface area contributed by atoms with Crippen molar-refractivity contribution in [2.45, 2.75) is 25.9 Å². The Morgan fingerprint density at radius 2 is 2.00 bits per heavy atom. The maximum Gasteiger partial charge on any atom is 0.223 e. The number of nitrogens with zero attached hydrogens (tertiary/aromatic N) is 3. The first-order chi connectivity index (χ1) is 10.8. The molecule has 1 aromatic carbocycles. The highest BCUT2D eigenvalue weighted by atomic mass is 16.2. The SMILES string of the molecule is O=C1CCc2ccc3[nH]ncc3c2CN1Cc1ccncc1. The number of aromatic nitrogens is 3. The summed E-state index contributed by atoms with van der Waals surface area (Å²) in [6.45, 7) is 1.25. The Balaban J connectivity index is 1.71. The highest BCUT2D eigenvalue weighted by Crippen LogP contribution is 2.27. The summed E-state index contributed by atoms with van der Waals surface area (Å²) in [5, 5.41) is 8.25. The molecule has 22 heavy (non-hydrogen) atoms. The van der Waals surface area contributed by atoms with E-state index in [4.69, 9.17) is 0 Å². The number of amides is 1. The van der Waals surface area contributed by atoms with E-state index in [1.165, 1.54) is 11.1 Å². The lowest BCUT2D eigenvalue weighted by molar-refractivity contribution is -0.132. The topological polar surface area (TPSA) is 61.9 Å². The Kier molecular flexibility index (Phi) is 3.11. The molecule has 110 valence electrons. The molecule has 0 fully saturated rings. The first-order valence-electron chi connectivity index (χ1n) is 7.42. The van der Waals surface area contributed by atoms with E-state index >= 15 is 0 Å². The predicted molar refractivity (Wildman–Crippen MR) is 82.9 cm³/mol. The fourth-order valence-corrected chi connectivity index (χ4v) is 3.07. The number of fused-ring (bicyclic) bond motifs is 3. The van der Waals surface area contributed by atoms with Crippen LogP contribution in [0.2, 0.25) is 0 Å². The van der Waals surface area contributed by atoms with Gasteiger partial charge in [0.15, 0.2) is 0 Å². The van der Waals surface area contributed by atoms with Crippen LogP contribution in [0.15, 0.2) is 42.9 Å². The van der Waals surface area contributed by atoms with Gasteiger partial charge >= 0.3 is 0 Å². The van der Waals surface area contributed by atoms with Crippen LogP contribution in [0.4, 0.5) is 0 Å². The summed E-state index contributed by atoms with van der Waals surface area (Å²) in [5.41, 5.74) is 4.59. The van der Waals surface area contributed by atoms with E-state index in [9.17, 15) is 4.79 Å². The number of carbonyl (C=O) groups is 1. The van der Waals surface area contributed by atoms with E-state index in [0.717, 1.165) is 22.9 Å². The van der Waals surface area contributed by atoms with Crippen LogP contribution in [0.25, 0.3) is 10.9 Å². The third-order valence-corrected chi connectivity index (χ3v) is 4.27. The third-order valence-electron chi connectivity index (χ3n) is 4.27. The number of aromatic amines is 1. The summed E-state index contributed by atoms with van der Waals surface area (Å²) in [4.78, 5) is 18.4. The molecule has 5 nitrogen and oxygen atoms in total. The minimum Gasteiger partial charge on any atom is -0.334 e. The van der Waals surface area contributed by atoms with Crippen molar-refractivity contribution in [3.8, 4) is 0 Å². The summed E-state index contributed by atoms with van der Waals surface area (Å²) >= 11 is 0. The number of H-pyrrole nitrogens is 1. The summed E-state index contributed by atoms with van der Waals surface area (Å²) in [7, 11) is 0. The van der Waals surface area contributed by atoms with Crippen molar-refractivity contribution >= 4 is 16.8 Å². The van der Waals surface area contributed by atoms with Gasteiger partial charge in [0.05, 0.1) is 11.7 Å². The Morgan fingerprint density at radius 1 is 1.14 bits per heavy atom. The molecule has 5 heteroatoms. The van der Waals surface area contributed by atoms with Gasteiger partial charge in [-0.1, -0.05) is 6.07 Å². The van der Waals surface area contributed by atoms with E-state index in [0.29, 0.717) is 19.5 Å². The van der Waals surface area contributed by atoms with Gasteiger partial charge in [-0.3, -0.25) is 14.9 Å². The number of rotatable bonds is 2. The molecule has 4 rings (SSSR count). The fraction of sp³-hybridized carbons (Fsp3) is 0.235. The van der Waals surface area contributed by atoms with Crippen LogP contribution >= 0.6 is 0 Å². The minimum absolute atomic E-state index is 0.199. The van der Waals surface area contributed by atoms with E-state index in [2.05, 4.69) is 21.2 Å². The second kappa shape index (κ2) is 5.26. The molecule has 1 N–H and O–H groups in total. The summed E-state index contributed by atoms with van der Waals surface area (Å²) in [6.07, 6.45) is 6.73. The highest BCUT2D eigenvalue weighted by molar-refractivity contribution is 5.85. The van der Waals surface area contributed by atoms with E-state index in [1.807, 2.05) is 29.3 Å². The normalized spacial score (nSPS) is 14.9. The number of pyridine rings is 1. The smallest absolute Gasteiger partial charge is 0.223 e. The van der Waals surface area contributed by atoms with Gasteiger partial charge in [-0.2, -0.15) is 5.10 Å². The van der Waals surface area contributed by atoms with Gasteiger partial charge in [-0.15, -0.1) is 0 Å². The van der Waals surface area contributed by atoms with Gasteiger partial charge in [-0.05, 0) is 41.3 Å². The second-order valence-electron chi connectivity index (χ2n) is 5.64. The molecule has 0 aliphatic carbocycles. The Bertz CT molecular complexity index is 825. The lowest BCUT2D eigenvalue weighted by atomic mass is 10.0. The lowest BCUT2D eigenvalue weighted by Crippen LogP contribution is -2.28. The van der Waals surface area contributed by atoms with Crippen LogP contribution in [-0.4, -0.2) is 26.0 Å². The monoisotopic (exact) mass is 292 g/mol. The van der Waals surface area contributed by atoms with Crippen LogP contribution in [0.1, 0.15) is 23.1 Å². The molecule has 1 amide bonds. The highest BCUT2D eigenvalue weighted by Gasteiger charge is 2.22.